The van der Waals surface area contributed by atoms with Gasteiger partial charge in [0.25, 0.3) is 0 Å². The second-order valence-corrected chi connectivity index (χ2v) is 4.64. The molecule has 0 bridgehead atoms. The molecular weight excluding hydrogens is 257 g/mol. The summed E-state index contributed by atoms with van der Waals surface area (Å²) in [6.07, 6.45) is 0. The van der Waals surface area contributed by atoms with Crippen LogP contribution in [0.5, 0.6) is 0 Å². The Morgan fingerprint density at radius 3 is 1.08 bits per heavy atom. The molecule has 0 aromatic rings. The molecule has 0 aliphatic rings. The monoisotopic (exact) mass is 278 g/mol. The van der Waals surface area contributed by atoms with Gasteiger partial charge in [-0.3, -0.25) is 0 Å². The van der Waals surface area contributed by atoms with Crippen molar-refractivity contribution in [3.05, 3.63) is 0 Å². The summed E-state index contributed by atoms with van der Waals surface area (Å²) in [5.74, 6) is 0.0817. The number of hydrogen-bond acceptors (Lipinski definition) is 3. The molecule has 0 aliphatic carbocycles. The molecule has 71 valence electrons. The Morgan fingerprint density at radius 2 is 1.08 bits per heavy atom. The van der Waals surface area contributed by atoms with Crippen LogP contribution >= 0.6 is 0 Å². The van der Waals surface area contributed by atoms with E-state index in [1.807, 2.05) is 0 Å². The molecule has 0 N–H and O–H groups in total. The number of nitrogens with zero attached hydrogens (tertiary/aromatic N) is 3. The minimum atomic E-state index is 0.0817. The summed E-state index contributed by atoms with van der Waals surface area (Å²) in [6, 6.07) is 0. The molecule has 0 aromatic heterocycles. The molecule has 3 nitrogen and oxygen atoms in total. The molecule has 0 atom stereocenters. The van der Waals surface area contributed by atoms with Gasteiger partial charge in [-0.15, -0.1) is 0 Å². The van der Waals surface area contributed by atoms with Crippen molar-refractivity contribution in [2.45, 2.75) is 10.2 Å². The Labute approximate surface area is 89.8 Å². The molecule has 12 heavy (non-hydrogen) atoms. The summed E-state index contributed by atoms with van der Waals surface area (Å²) < 4.78 is 1.17. The van der Waals surface area contributed by atoms with Crippen molar-refractivity contribution in [1.82, 2.24) is 14.7 Å². The van der Waals surface area contributed by atoms with E-state index < -0.39 is 0 Å². The summed E-state index contributed by atoms with van der Waals surface area (Å²) in [5.41, 5.74) is 0. The van der Waals surface area contributed by atoms with Crippen molar-refractivity contribution in [2.24, 2.45) is 0 Å². The second-order valence-electron chi connectivity index (χ2n) is 3.63. The van der Waals surface area contributed by atoms with Crippen LogP contribution in [0.15, 0.2) is 0 Å². The summed E-state index contributed by atoms with van der Waals surface area (Å²) >= 11 is 1.56. The molecule has 0 amide bonds. The van der Waals surface area contributed by atoms with E-state index in [9.17, 15) is 0 Å². The summed E-state index contributed by atoms with van der Waals surface area (Å²) in [7, 11) is 12.8. The Morgan fingerprint density at radius 1 is 0.833 bits per heavy atom. The van der Waals surface area contributed by atoms with Gasteiger partial charge in [-0.2, -0.15) is 0 Å². The third kappa shape index (κ3) is 2.13. The molecule has 0 fully saturated rings. The average Bonchev–Trinajstić information content (AvgIpc) is 1.86. The molecule has 0 saturated carbocycles. The van der Waals surface area contributed by atoms with Crippen LogP contribution in [-0.4, -0.2) is 85.3 Å². The van der Waals surface area contributed by atoms with Crippen LogP contribution < -0.4 is 0 Å². The van der Waals surface area contributed by atoms with Crippen LogP contribution in [0.2, 0.25) is 4.44 Å². The number of hydrogen-bond donors (Lipinski definition) is 0. The summed E-state index contributed by atoms with van der Waals surface area (Å²) in [4.78, 5) is 6.80. The first kappa shape index (κ1) is 12.7. The Balaban J connectivity index is 4.77. The Hall–Kier alpha value is 0.679. The van der Waals surface area contributed by atoms with E-state index in [1.165, 1.54) is 4.44 Å². The van der Waals surface area contributed by atoms with Crippen molar-refractivity contribution in [2.75, 3.05) is 42.3 Å². The number of rotatable bonds is 4. The van der Waals surface area contributed by atoms with Gasteiger partial charge in [-0.1, -0.05) is 0 Å². The van der Waals surface area contributed by atoms with Crippen LogP contribution in [-0.2, 0) is 0 Å². The predicted molar refractivity (Wildman–Crippen MR) is 54.4 cm³/mol. The topological polar surface area (TPSA) is 9.72 Å². The first-order valence-corrected chi connectivity index (χ1v) is 6.08. The third-order valence-corrected chi connectivity index (χ3v) is 3.74. The minimum absolute atomic E-state index is 0.0817. The molecule has 3 radical (unpaired) electrons. The predicted octanol–water partition coefficient (Wildman–Crippen LogP) is -0.0882. The molecule has 0 aromatic carbocycles. The van der Waals surface area contributed by atoms with Crippen molar-refractivity contribution < 1.29 is 0 Å². The maximum absolute atomic E-state index is 2.27. The van der Waals surface area contributed by atoms with Crippen molar-refractivity contribution in [1.29, 1.82) is 0 Å². The fraction of sp³-hybridized carbons (Fsp3) is 1.00. The molecule has 0 rings (SSSR count). The standard InChI is InChI=1S/C8H20N3.Sn/c1-8(9(2)3,10(4)5)11(6)7;/h1H2,2-7H3;. The summed E-state index contributed by atoms with van der Waals surface area (Å²) in [6.45, 7) is 0. The van der Waals surface area contributed by atoms with E-state index in [2.05, 4.69) is 57.0 Å². The van der Waals surface area contributed by atoms with E-state index in [1.54, 1.807) is 22.5 Å². The van der Waals surface area contributed by atoms with Gasteiger partial charge >= 0.3 is 89.7 Å². The molecular formula is C8H20N3Sn. The van der Waals surface area contributed by atoms with Crippen LogP contribution in [0.4, 0.5) is 0 Å². The van der Waals surface area contributed by atoms with Gasteiger partial charge < -0.3 is 0 Å². The Bertz CT molecular complexity index is 112. The Kier molecular flexibility index (Phi) is 5.06. The van der Waals surface area contributed by atoms with E-state index >= 15 is 0 Å². The molecule has 0 saturated heterocycles. The first-order valence-electron chi connectivity index (χ1n) is 4.06. The fourth-order valence-corrected chi connectivity index (χ4v) is 4.38. The zero-order chi connectivity index (χ0) is 9.94. The van der Waals surface area contributed by atoms with E-state index in [4.69, 9.17) is 0 Å². The van der Waals surface area contributed by atoms with E-state index in [0.29, 0.717) is 0 Å². The zero-order valence-corrected chi connectivity index (χ0v) is 11.9. The van der Waals surface area contributed by atoms with Crippen molar-refractivity contribution in [3.8, 4) is 0 Å². The van der Waals surface area contributed by atoms with Crippen LogP contribution in [0.1, 0.15) is 0 Å². The van der Waals surface area contributed by atoms with Crippen molar-refractivity contribution in [3.63, 3.8) is 0 Å². The van der Waals surface area contributed by atoms with Crippen LogP contribution in [0.3, 0.4) is 0 Å². The fourth-order valence-electron chi connectivity index (χ4n) is 1.67. The maximum atomic E-state index is 2.27. The average molecular weight is 277 g/mol. The van der Waals surface area contributed by atoms with Gasteiger partial charge in [0.1, 0.15) is 0 Å². The van der Waals surface area contributed by atoms with E-state index in [0.717, 1.165) is 0 Å². The normalized spacial score (nSPS) is 13.5. The SMILES string of the molecule is CN(C)C([CH2][Sn])(N(C)C)N(C)C. The van der Waals surface area contributed by atoms with Crippen LogP contribution in [0, 0.1) is 0 Å². The van der Waals surface area contributed by atoms with Gasteiger partial charge in [0.2, 0.25) is 0 Å². The zero-order valence-electron chi connectivity index (χ0n) is 9.05. The van der Waals surface area contributed by atoms with Gasteiger partial charge in [0.05, 0.1) is 0 Å². The molecule has 0 unspecified atom stereocenters. The quantitative estimate of drug-likeness (QED) is 0.525. The van der Waals surface area contributed by atoms with Crippen molar-refractivity contribution >= 4 is 22.5 Å². The molecule has 0 spiro atoms. The van der Waals surface area contributed by atoms with Crippen LogP contribution in [0.25, 0.3) is 0 Å². The van der Waals surface area contributed by atoms with Gasteiger partial charge in [0.15, 0.2) is 0 Å². The third-order valence-electron chi connectivity index (χ3n) is 2.39. The van der Waals surface area contributed by atoms with Gasteiger partial charge in [-0.25, -0.2) is 0 Å². The molecule has 4 heteroatoms. The summed E-state index contributed by atoms with van der Waals surface area (Å²) in [5, 5.41) is 0. The molecule has 0 heterocycles. The second kappa shape index (κ2) is 4.79. The van der Waals surface area contributed by atoms with E-state index in [-0.39, 0.29) is 5.79 Å². The van der Waals surface area contributed by atoms with Gasteiger partial charge in [0, 0.05) is 0 Å². The molecule has 0 aliphatic heterocycles. The first-order chi connectivity index (χ1) is 5.39. The van der Waals surface area contributed by atoms with Gasteiger partial charge in [-0.05, 0) is 0 Å².